The van der Waals surface area contributed by atoms with Crippen LogP contribution in [0, 0.1) is 11.7 Å². The van der Waals surface area contributed by atoms with E-state index in [0.29, 0.717) is 24.3 Å². The van der Waals surface area contributed by atoms with Crippen molar-refractivity contribution >= 4 is 17.4 Å². The molecule has 0 radical (unpaired) electrons. The smallest absolute Gasteiger partial charge is 0.137 e. The summed E-state index contributed by atoms with van der Waals surface area (Å²) in [5, 5.41) is 10.1. The first kappa shape index (κ1) is 16.7. The number of ketones is 1. The van der Waals surface area contributed by atoms with E-state index in [1.54, 1.807) is 24.3 Å². The summed E-state index contributed by atoms with van der Waals surface area (Å²) < 4.78 is 12.9. The molecule has 1 unspecified atom stereocenters. The minimum absolute atomic E-state index is 0.0657. The zero-order chi connectivity index (χ0) is 15.9. The van der Waals surface area contributed by atoms with Gasteiger partial charge in [-0.25, -0.2) is 4.39 Å². The van der Waals surface area contributed by atoms with Crippen LogP contribution in [0.5, 0.6) is 0 Å². The number of hydrogen-bond donors (Lipinski definition) is 1. The third kappa shape index (κ3) is 5.24. The zero-order valence-corrected chi connectivity index (χ0v) is 12.9. The summed E-state index contributed by atoms with van der Waals surface area (Å²) in [4.78, 5) is 12.1. The van der Waals surface area contributed by atoms with Gasteiger partial charge in [0.1, 0.15) is 11.6 Å². The fourth-order valence-corrected chi connectivity index (χ4v) is 2.51. The van der Waals surface area contributed by atoms with Crippen LogP contribution < -0.4 is 0 Å². The van der Waals surface area contributed by atoms with E-state index in [1.807, 2.05) is 12.1 Å². The average Bonchev–Trinajstić information content (AvgIpc) is 2.51. The second-order valence-corrected chi connectivity index (χ2v) is 5.86. The fourth-order valence-electron chi connectivity index (χ4n) is 2.38. The SMILES string of the molecule is O=C(Cc1ccc(Cl)cc1)CC(CO)Cc1ccc(F)cc1. The number of aliphatic hydroxyl groups excluding tert-OH is 1. The normalized spacial score (nSPS) is 12.1. The Morgan fingerprint density at radius 3 is 2.23 bits per heavy atom. The molecule has 1 N–H and O–H groups in total. The van der Waals surface area contributed by atoms with Gasteiger partial charge in [0.05, 0.1) is 0 Å². The Morgan fingerprint density at radius 2 is 1.64 bits per heavy atom. The molecule has 0 heterocycles. The van der Waals surface area contributed by atoms with E-state index in [4.69, 9.17) is 11.6 Å². The number of carbonyl (C=O) groups excluding carboxylic acids is 1. The van der Waals surface area contributed by atoms with Gasteiger partial charge in [0.15, 0.2) is 0 Å². The maximum Gasteiger partial charge on any atom is 0.137 e. The Labute approximate surface area is 134 Å². The van der Waals surface area contributed by atoms with Crippen molar-refractivity contribution in [2.45, 2.75) is 19.3 Å². The summed E-state index contributed by atoms with van der Waals surface area (Å²) in [5.74, 6) is -0.364. The highest BCUT2D eigenvalue weighted by Gasteiger charge is 2.14. The molecule has 2 nitrogen and oxygen atoms in total. The molecule has 0 aliphatic rings. The Balaban J connectivity index is 1.90. The highest BCUT2D eigenvalue weighted by Crippen LogP contribution is 2.16. The first-order valence-corrected chi connectivity index (χ1v) is 7.56. The lowest BCUT2D eigenvalue weighted by Gasteiger charge is -2.13. The van der Waals surface area contributed by atoms with Gasteiger partial charge >= 0.3 is 0 Å². The number of benzene rings is 2. The Bertz CT molecular complexity index is 608. The molecular formula is C18H18ClFO2. The van der Waals surface area contributed by atoms with E-state index in [2.05, 4.69) is 0 Å². The molecule has 2 rings (SSSR count). The monoisotopic (exact) mass is 320 g/mol. The van der Waals surface area contributed by atoms with Crippen molar-refractivity contribution in [3.63, 3.8) is 0 Å². The van der Waals surface area contributed by atoms with Gasteiger partial charge in [-0.15, -0.1) is 0 Å². The molecule has 0 saturated carbocycles. The fraction of sp³-hybridized carbons (Fsp3) is 0.278. The van der Waals surface area contributed by atoms with Crippen molar-refractivity contribution in [3.05, 3.63) is 70.5 Å². The minimum atomic E-state index is -0.289. The predicted octanol–water partition coefficient (Wildman–Crippen LogP) is 3.83. The molecule has 1 atom stereocenters. The van der Waals surface area contributed by atoms with E-state index in [1.165, 1.54) is 12.1 Å². The molecule has 0 saturated heterocycles. The van der Waals surface area contributed by atoms with Crippen LogP contribution >= 0.6 is 11.6 Å². The van der Waals surface area contributed by atoms with Crippen LogP contribution in [0.25, 0.3) is 0 Å². The second-order valence-electron chi connectivity index (χ2n) is 5.43. The number of rotatable bonds is 7. The summed E-state index contributed by atoms with van der Waals surface area (Å²) in [5.41, 5.74) is 1.83. The molecule has 0 aliphatic carbocycles. The molecule has 0 amide bonds. The molecule has 4 heteroatoms. The quantitative estimate of drug-likeness (QED) is 0.841. The number of hydrogen-bond acceptors (Lipinski definition) is 2. The molecule has 0 fully saturated rings. The predicted molar refractivity (Wildman–Crippen MR) is 85.5 cm³/mol. The minimum Gasteiger partial charge on any atom is -0.396 e. The van der Waals surface area contributed by atoms with Crippen molar-refractivity contribution in [3.8, 4) is 0 Å². The topological polar surface area (TPSA) is 37.3 Å². The third-order valence-corrected chi connectivity index (χ3v) is 3.78. The van der Waals surface area contributed by atoms with Crippen LogP contribution in [0.15, 0.2) is 48.5 Å². The molecule has 0 bridgehead atoms. The van der Waals surface area contributed by atoms with Crippen LogP contribution in [0.4, 0.5) is 4.39 Å². The largest absolute Gasteiger partial charge is 0.396 e. The summed E-state index contributed by atoms with van der Waals surface area (Å²) in [6.07, 6.45) is 1.19. The summed E-state index contributed by atoms with van der Waals surface area (Å²) >= 11 is 5.81. The highest BCUT2D eigenvalue weighted by atomic mass is 35.5. The molecule has 116 valence electrons. The van der Waals surface area contributed by atoms with Crippen LogP contribution in [0.3, 0.4) is 0 Å². The maximum atomic E-state index is 12.9. The third-order valence-electron chi connectivity index (χ3n) is 3.53. The van der Waals surface area contributed by atoms with Crippen LogP contribution in [-0.4, -0.2) is 17.5 Å². The van der Waals surface area contributed by atoms with Gasteiger partial charge < -0.3 is 5.11 Å². The number of carbonyl (C=O) groups is 1. The van der Waals surface area contributed by atoms with Gasteiger partial charge in [-0.1, -0.05) is 35.9 Å². The van der Waals surface area contributed by atoms with Gasteiger partial charge in [-0.05, 0) is 47.7 Å². The molecule has 22 heavy (non-hydrogen) atoms. The van der Waals surface area contributed by atoms with Gasteiger partial charge in [0.25, 0.3) is 0 Å². The lowest BCUT2D eigenvalue weighted by molar-refractivity contribution is -0.119. The molecular weight excluding hydrogens is 303 g/mol. The number of aliphatic hydroxyl groups is 1. The standard InChI is InChI=1S/C18H18ClFO2/c19-16-5-1-14(2-6-16)10-18(22)11-15(12-21)9-13-3-7-17(20)8-4-13/h1-8,15,21H,9-12H2. The van der Waals surface area contributed by atoms with Crippen LogP contribution in [0.2, 0.25) is 5.02 Å². The van der Waals surface area contributed by atoms with Gasteiger partial charge in [-0.3, -0.25) is 4.79 Å². The summed E-state index contributed by atoms with van der Waals surface area (Å²) in [6.45, 7) is -0.0657. The maximum absolute atomic E-state index is 12.9. The van der Waals surface area contributed by atoms with Crippen molar-refractivity contribution in [1.82, 2.24) is 0 Å². The molecule has 0 aliphatic heterocycles. The Hall–Kier alpha value is -1.71. The van der Waals surface area contributed by atoms with E-state index in [9.17, 15) is 14.3 Å². The van der Waals surface area contributed by atoms with Gasteiger partial charge in [0.2, 0.25) is 0 Å². The first-order chi connectivity index (χ1) is 10.6. The lowest BCUT2D eigenvalue weighted by atomic mass is 9.93. The zero-order valence-electron chi connectivity index (χ0n) is 12.1. The van der Waals surface area contributed by atoms with Crippen molar-refractivity contribution in [2.24, 2.45) is 5.92 Å². The highest BCUT2D eigenvalue weighted by molar-refractivity contribution is 6.30. The van der Waals surface area contributed by atoms with Crippen molar-refractivity contribution in [2.75, 3.05) is 6.61 Å². The summed E-state index contributed by atoms with van der Waals surface area (Å²) in [6, 6.07) is 13.3. The molecule has 0 spiro atoms. The van der Waals surface area contributed by atoms with Crippen molar-refractivity contribution in [1.29, 1.82) is 0 Å². The molecule has 2 aromatic carbocycles. The molecule has 0 aromatic heterocycles. The average molecular weight is 321 g/mol. The number of halogens is 2. The van der Waals surface area contributed by atoms with Gasteiger partial charge in [-0.2, -0.15) is 0 Å². The van der Waals surface area contributed by atoms with E-state index in [0.717, 1.165) is 11.1 Å². The molecule has 2 aromatic rings. The Morgan fingerprint density at radius 1 is 1.05 bits per heavy atom. The lowest BCUT2D eigenvalue weighted by Crippen LogP contribution is -2.16. The number of Topliss-reactive ketones (excluding diaryl/α,β-unsaturated/α-hetero) is 1. The second kappa shape index (κ2) is 8.06. The van der Waals surface area contributed by atoms with E-state index < -0.39 is 0 Å². The van der Waals surface area contributed by atoms with Gasteiger partial charge in [0, 0.05) is 24.5 Å². The van der Waals surface area contributed by atoms with Crippen LogP contribution in [-0.2, 0) is 17.6 Å². The van der Waals surface area contributed by atoms with E-state index >= 15 is 0 Å². The van der Waals surface area contributed by atoms with Crippen LogP contribution in [0.1, 0.15) is 17.5 Å². The first-order valence-electron chi connectivity index (χ1n) is 7.18. The Kier molecular flexibility index (Phi) is 6.10. The van der Waals surface area contributed by atoms with E-state index in [-0.39, 0.29) is 24.1 Å². The summed E-state index contributed by atoms with van der Waals surface area (Å²) in [7, 11) is 0. The van der Waals surface area contributed by atoms with Crippen molar-refractivity contribution < 1.29 is 14.3 Å².